The minimum atomic E-state index is 0.750. The maximum absolute atomic E-state index is 5.20. The fourth-order valence-electron chi connectivity index (χ4n) is 5.86. The van der Waals surface area contributed by atoms with E-state index in [1.807, 2.05) is 11.3 Å². The second-order valence-electron chi connectivity index (χ2n) is 9.73. The standard InChI is InChI=1S/C28H32N4S2/c1-3-8-22-20-11-7-12-21(20)23-24-25(34-27(23)29-22)26(31-28(30-24)33-2)32-15-13-19(14-16-32)17-18-9-5-4-6-10-18/h4-6,9-10,19H,3,7-8,11-17H2,1-2H3. The van der Waals surface area contributed by atoms with E-state index in [4.69, 9.17) is 15.0 Å². The van der Waals surface area contributed by atoms with Gasteiger partial charge in [-0.05, 0) is 73.8 Å². The largest absolute Gasteiger partial charge is 0.355 e. The number of hydrogen-bond acceptors (Lipinski definition) is 6. The molecule has 1 aliphatic carbocycles. The first-order valence-electron chi connectivity index (χ1n) is 12.7. The van der Waals surface area contributed by atoms with Crippen molar-refractivity contribution in [1.82, 2.24) is 15.0 Å². The van der Waals surface area contributed by atoms with Gasteiger partial charge in [0.25, 0.3) is 0 Å². The number of pyridine rings is 1. The van der Waals surface area contributed by atoms with Crippen molar-refractivity contribution in [1.29, 1.82) is 0 Å². The van der Waals surface area contributed by atoms with Crippen LogP contribution in [0.25, 0.3) is 20.4 Å². The number of rotatable bonds is 6. The third-order valence-corrected chi connectivity index (χ3v) is 9.15. The number of hydrogen-bond donors (Lipinski definition) is 0. The van der Waals surface area contributed by atoms with Crippen LogP contribution in [0, 0.1) is 5.92 Å². The van der Waals surface area contributed by atoms with Crippen molar-refractivity contribution in [3.63, 3.8) is 0 Å². The van der Waals surface area contributed by atoms with E-state index in [1.165, 1.54) is 69.4 Å². The van der Waals surface area contributed by atoms with Crippen molar-refractivity contribution in [2.24, 2.45) is 5.92 Å². The Morgan fingerprint density at radius 3 is 2.59 bits per heavy atom. The van der Waals surface area contributed by atoms with Crippen molar-refractivity contribution in [3.8, 4) is 0 Å². The van der Waals surface area contributed by atoms with Crippen LogP contribution in [0.3, 0.4) is 0 Å². The highest BCUT2D eigenvalue weighted by molar-refractivity contribution is 7.98. The van der Waals surface area contributed by atoms with Gasteiger partial charge in [-0.15, -0.1) is 11.3 Å². The summed E-state index contributed by atoms with van der Waals surface area (Å²) in [6, 6.07) is 11.0. The monoisotopic (exact) mass is 488 g/mol. The molecule has 4 nitrogen and oxygen atoms in total. The van der Waals surface area contributed by atoms with Crippen LogP contribution in [0.15, 0.2) is 35.5 Å². The van der Waals surface area contributed by atoms with Gasteiger partial charge in [-0.3, -0.25) is 0 Å². The molecule has 4 heterocycles. The minimum Gasteiger partial charge on any atom is -0.355 e. The Kier molecular flexibility index (Phi) is 6.20. The van der Waals surface area contributed by atoms with E-state index in [-0.39, 0.29) is 0 Å². The Morgan fingerprint density at radius 2 is 1.82 bits per heavy atom. The molecule has 4 aromatic rings. The summed E-state index contributed by atoms with van der Waals surface area (Å²) in [7, 11) is 0. The van der Waals surface area contributed by atoms with Crippen LogP contribution in [0.1, 0.15) is 55.0 Å². The lowest BCUT2D eigenvalue weighted by Crippen LogP contribution is -2.35. The highest BCUT2D eigenvalue weighted by Crippen LogP contribution is 2.43. The van der Waals surface area contributed by atoms with Gasteiger partial charge in [-0.25, -0.2) is 15.0 Å². The molecule has 0 N–H and O–H groups in total. The Bertz CT molecular complexity index is 1320. The lowest BCUT2D eigenvalue weighted by atomic mass is 9.90. The molecule has 2 aliphatic rings. The van der Waals surface area contributed by atoms with Crippen molar-refractivity contribution in [2.75, 3.05) is 24.2 Å². The molecule has 0 spiro atoms. The lowest BCUT2D eigenvalue weighted by Gasteiger charge is -2.33. The van der Waals surface area contributed by atoms with Gasteiger partial charge in [0, 0.05) is 24.2 Å². The predicted octanol–water partition coefficient (Wildman–Crippen LogP) is 6.86. The molecule has 0 bridgehead atoms. The number of thiophene rings is 1. The zero-order valence-electron chi connectivity index (χ0n) is 20.1. The van der Waals surface area contributed by atoms with E-state index < -0.39 is 0 Å². The lowest BCUT2D eigenvalue weighted by molar-refractivity contribution is 0.402. The quantitative estimate of drug-likeness (QED) is 0.219. The molecule has 1 fully saturated rings. The van der Waals surface area contributed by atoms with E-state index in [9.17, 15) is 0 Å². The van der Waals surface area contributed by atoms with Gasteiger partial charge in [-0.2, -0.15) is 0 Å². The Balaban J connectivity index is 1.37. The molecule has 3 aromatic heterocycles. The second kappa shape index (κ2) is 9.46. The van der Waals surface area contributed by atoms with Crippen LogP contribution in [0.5, 0.6) is 0 Å². The van der Waals surface area contributed by atoms with Gasteiger partial charge >= 0.3 is 0 Å². The van der Waals surface area contributed by atoms with Crippen LogP contribution in [-0.4, -0.2) is 34.3 Å². The number of fused-ring (bicyclic) bond motifs is 5. The number of piperidine rings is 1. The fourth-order valence-corrected chi connectivity index (χ4v) is 7.40. The Morgan fingerprint density at radius 1 is 1.03 bits per heavy atom. The summed E-state index contributed by atoms with van der Waals surface area (Å²) in [6.07, 6.45) is 11.5. The van der Waals surface area contributed by atoms with Gasteiger partial charge in [-0.1, -0.05) is 55.4 Å². The smallest absolute Gasteiger partial charge is 0.189 e. The predicted molar refractivity (Wildman–Crippen MR) is 146 cm³/mol. The number of anilines is 1. The van der Waals surface area contributed by atoms with Crippen LogP contribution in [-0.2, 0) is 25.7 Å². The molecule has 176 valence electrons. The van der Waals surface area contributed by atoms with E-state index >= 15 is 0 Å². The van der Waals surface area contributed by atoms with Crippen LogP contribution >= 0.6 is 23.1 Å². The number of nitrogens with zero attached hydrogens (tertiary/aromatic N) is 4. The summed E-state index contributed by atoms with van der Waals surface area (Å²) >= 11 is 3.48. The normalized spacial score (nSPS) is 16.6. The van der Waals surface area contributed by atoms with Gasteiger partial charge in [0.2, 0.25) is 0 Å². The minimum absolute atomic E-state index is 0.750. The van der Waals surface area contributed by atoms with Gasteiger partial charge in [0.15, 0.2) is 11.0 Å². The third-order valence-electron chi connectivity index (χ3n) is 7.53. The van der Waals surface area contributed by atoms with Crippen molar-refractivity contribution < 1.29 is 0 Å². The van der Waals surface area contributed by atoms with Crippen molar-refractivity contribution in [3.05, 3.63) is 52.7 Å². The highest BCUT2D eigenvalue weighted by atomic mass is 32.2. The number of aromatic nitrogens is 3. The van der Waals surface area contributed by atoms with E-state index in [1.54, 1.807) is 11.8 Å². The molecule has 1 aromatic carbocycles. The summed E-state index contributed by atoms with van der Waals surface area (Å²) in [5.74, 6) is 1.89. The number of benzene rings is 1. The average Bonchev–Trinajstić information content (AvgIpc) is 3.49. The van der Waals surface area contributed by atoms with Crippen molar-refractivity contribution in [2.45, 2.75) is 63.4 Å². The first kappa shape index (κ1) is 22.3. The number of thioether (sulfide) groups is 1. The molecule has 1 aliphatic heterocycles. The van der Waals surface area contributed by atoms with Gasteiger partial charge < -0.3 is 4.90 Å². The molecule has 0 amide bonds. The average molecular weight is 489 g/mol. The fraction of sp³-hybridized carbons (Fsp3) is 0.464. The summed E-state index contributed by atoms with van der Waals surface area (Å²) in [5.41, 5.74) is 6.98. The molecular formula is C28H32N4S2. The molecule has 6 heteroatoms. The van der Waals surface area contributed by atoms with E-state index in [0.29, 0.717) is 0 Å². The maximum atomic E-state index is 5.20. The Hall–Kier alpha value is -2.18. The van der Waals surface area contributed by atoms with Gasteiger partial charge in [0.05, 0.1) is 10.2 Å². The molecular weight excluding hydrogens is 456 g/mol. The third kappa shape index (κ3) is 3.99. The molecule has 0 saturated carbocycles. The second-order valence-corrected chi connectivity index (χ2v) is 11.5. The molecule has 0 unspecified atom stereocenters. The summed E-state index contributed by atoms with van der Waals surface area (Å²) in [6.45, 7) is 4.39. The molecule has 34 heavy (non-hydrogen) atoms. The summed E-state index contributed by atoms with van der Waals surface area (Å²) in [5, 5.41) is 2.21. The molecule has 1 saturated heterocycles. The SMILES string of the molecule is CCCc1nc2sc3c(N4CCC(Cc5ccccc5)CC4)nc(SC)nc3c2c2c1CCC2. The zero-order valence-corrected chi connectivity index (χ0v) is 21.8. The van der Waals surface area contributed by atoms with E-state index in [0.717, 1.165) is 54.8 Å². The summed E-state index contributed by atoms with van der Waals surface area (Å²) < 4.78 is 1.24. The zero-order chi connectivity index (χ0) is 23.1. The first-order chi connectivity index (χ1) is 16.7. The first-order valence-corrected chi connectivity index (χ1v) is 14.8. The van der Waals surface area contributed by atoms with Gasteiger partial charge in [0.1, 0.15) is 4.83 Å². The molecule has 0 atom stereocenters. The van der Waals surface area contributed by atoms with Crippen molar-refractivity contribution >= 4 is 49.3 Å². The van der Waals surface area contributed by atoms with Crippen LogP contribution in [0.4, 0.5) is 5.82 Å². The van der Waals surface area contributed by atoms with E-state index in [2.05, 4.69) is 48.4 Å². The number of aryl methyl sites for hydroxylation is 2. The van der Waals surface area contributed by atoms with Crippen LogP contribution in [0.2, 0.25) is 0 Å². The Labute approximate surface area is 210 Å². The molecule has 0 radical (unpaired) electrons. The highest BCUT2D eigenvalue weighted by Gasteiger charge is 2.27. The molecule has 6 rings (SSSR count). The maximum Gasteiger partial charge on any atom is 0.189 e. The van der Waals surface area contributed by atoms with Crippen LogP contribution < -0.4 is 4.90 Å². The summed E-state index contributed by atoms with van der Waals surface area (Å²) in [4.78, 5) is 19.0. The topological polar surface area (TPSA) is 41.9 Å².